The van der Waals surface area contributed by atoms with Crippen molar-refractivity contribution in [3.05, 3.63) is 35.4 Å². The molecule has 1 aromatic carbocycles. The average Bonchev–Trinajstić information content (AvgIpc) is 2.60. The van der Waals surface area contributed by atoms with E-state index in [-0.39, 0.29) is 24.1 Å². The second-order valence-electron chi connectivity index (χ2n) is 6.03. The average molecular weight is 334 g/mol. The van der Waals surface area contributed by atoms with Crippen molar-refractivity contribution in [1.82, 2.24) is 0 Å². The van der Waals surface area contributed by atoms with E-state index in [4.69, 9.17) is 9.47 Å². The molecule has 1 aromatic rings. The van der Waals surface area contributed by atoms with Gasteiger partial charge in [0.15, 0.2) is 0 Å². The van der Waals surface area contributed by atoms with Gasteiger partial charge in [-0.3, -0.25) is 0 Å². The zero-order chi connectivity index (χ0) is 17.9. The van der Waals surface area contributed by atoms with Crippen LogP contribution in [0.5, 0.6) is 0 Å². The number of carbonyl (C=O) groups excluding carboxylic acids is 2. The quantitative estimate of drug-likeness (QED) is 0.555. The van der Waals surface area contributed by atoms with Crippen LogP contribution in [0.4, 0.5) is 0 Å². The molecular weight excluding hydrogens is 304 g/mol. The summed E-state index contributed by atoms with van der Waals surface area (Å²) < 4.78 is 11.0. The Labute approximate surface area is 145 Å². The molecule has 0 fully saturated rings. The second-order valence-corrected chi connectivity index (χ2v) is 6.03. The number of benzene rings is 1. The number of carbonyl (C=O) groups is 2. The number of ether oxygens (including phenoxy) is 2. The molecule has 2 atom stereocenters. The van der Waals surface area contributed by atoms with Gasteiger partial charge in [0.1, 0.15) is 12.2 Å². The number of hydrogen-bond acceptors (Lipinski definition) is 4. The summed E-state index contributed by atoms with van der Waals surface area (Å²) >= 11 is 0. The van der Waals surface area contributed by atoms with Gasteiger partial charge in [-0.05, 0) is 49.9 Å². The summed E-state index contributed by atoms with van der Waals surface area (Å²) in [4.78, 5) is 24.3. The molecular formula is C20H30O4. The van der Waals surface area contributed by atoms with Crippen LogP contribution in [-0.2, 0) is 9.47 Å². The Morgan fingerprint density at radius 3 is 1.33 bits per heavy atom. The Morgan fingerprint density at radius 2 is 1.08 bits per heavy atom. The zero-order valence-electron chi connectivity index (χ0n) is 15.3. The van der Waals surface area contributed by atoms with Crippen LogP contribution in [0.3, 0.4) is 0 Å². The van der Waals surface area contributed by atoms with Gasteiger partial charge < -0.3 is 9.47 Å². The lowest BCUT2D eigenvalue weighted by molar-refractivity contribution is 0.0257. The normalized spacial score (nSPS) is 13.2. The van der Waals surface area contributed by atoms with Crippen molar-refractivity contribution < 1.29 is 19.1 Å². The van der Waals surface area contributed by atoms with Crippen LogP contribution < -0.4 is 0 Å². The Morgan fingerprint density at radius 1 is 0.750 bits per heavy atom. The molecule has 0 radical (unpaired) electrons. The molecule has 0 aliphatic heterocycles. The smallest absolute Gasteiger partial charge is 0.338 e. The highest BCUT2D eigenvalue weighted by Gasteiger charge is 2.16. The van der Waals surface area contributed by atoms with E-state index in [2.05, 4.69) is 13.8 Å². The first kappa shape index (κ1) is 20.2. The first-order valence-corrected chi connectivity index (χ1v) is 9.07. The van der Waals surface area contributed by atoms with Crippen molar-refractivity contribution in [2.75, 3.05) is 0 Å². The topological polar surface area (TPSA) is 52.6 Å². The maximum atomic E-state index is 12.1. The Kier molecular flexibility index (Phi) is 9.13. The van der Waals surface area contributed by atoms with Crippen molar-refractivity contribution >= 4 is 11.9 Å². The lowest BCUT2D eigenvalue weighted by Gasteiger charge is -2.16. The number of rotatable bonds is 10. The fourth-order valence-corrected chi connectivity index (χ4v) is 2.52. The monoisotopic (exact) mass is 334 g/mol. The summed E-state index contributed by atoms with van der Waals surface area (Å²) in [6.45, 7) is 8.15. The minimum atomic E-state index is -0.340. The minimum absolute atomic E-state index is 0.0495. The third-order valence-electron chi connectivity index (χ3n) is 4.04. The molecule has 0 aliphatic rings. The molecule has 0 bridgehead atoms. The summed E-state index contributed by atoms with van der Waals surface area (Å²) in [5.74, 6) is -0.680. The van der Waals surface area contributed by atoms with Gasteiger partial charge in [0.25, 0.3) is 0 Å². The zero-order valence-corrected chi connectivity index (χ0v) is 15.3. The number of hydrogen-bond donors (Lipinski definition) is 0. The Hall–Kier alpha value is -1.84. The van der Waals surface area contributed by atoms with Crippen molar-refractivity contribution in [3.8, 4) is 0 Å². The fraction of sp³-hybridized carbons (Fsp3) is 0.600. The highest BCUT2D eigenvalue weighted by atomic mass is 16.5. The summed E-state index contributed by atoms with van der Waals surface area (Å²) in [7, 11) is 0. The van der Waals surface area contributed by atoms with E-state index in [0.29, 0.717) is 11.1 Å². The molecule has 4 nitrogen and oxygen atoms in total. The number of esters is 2. The van der Waals surface area contributed by atoms with Crippen LogP contribution in [0.1, 0.15) is 86.9 Å². The molecule has 0 spiro atoms. The van der Waals surface area contributed by atoms with Crippen LogP contribution >= 0.6 is 0 Å². The van der Waals surface area contributed by atoms with Gasteiger partial charge in [0.2, 0.25) is 0 Å². The summed E-state index contributed by atoms with van der Waals surface area (Å²) in [6, 6.07) is 6.49. The van der Waals surface area contributed by atoms with E-state index in [1.807, 2.05) is 13.8 Å². The predicted molar refractivity (Wildman–Crippen MR) is 95.2 cm³/mol. The highest BCUT2D eigenvalue weighted by Crippen LogP contribution is 2.14. The molecule has 0 amide bonds. The third-order valence-corrected chi connectivity index (χ3v) is 4.04. The van der Waals surface area contributed by atoms with Crippen LogP contribution in [0.25, 0.3) is 0 Å². The molecule has 24 heavy (non-hydrogen) atoms. The van der Waals surface area contributed by atoms with Gasteiger partial charge in [-0.25, -0.2) is 9.59 Å². The molecule has 2 unspecified atom stereocenters. The summed E-state index contributed by atoms with van der Waals surface area (Å²) in [6.07, 6.45) is 5.20. The second kappa shape index (κ2) is 10.8. The van der Waals surface area contributed by atoms with E-state index in [1.165, 1.54) is 0 Å². The SMILES string of the molecule is CCCC(CC)OC(=O)c1ccc(C(=O)OC(CC)CCC)cc1. The minimum Gasteiger partial charge on any atom is -0.459 e. The molecule has 0 aromatic heterocycles. The van der Waals surface area contributed by atoms with E-state index >= 15 is 0 Å². The first-order chi connectivity index (χ1) is 11.5. The molecule has 0 aliphatic carbocycles. The van der Waals surface area contributed by atoms with Gasteiger partial charge in [0, 0.05) is 0 Å². The van der Waals surface area contributed by atoms with Gasteiger partial charge in [-0.15, -0.1) is 0 Å². The van der Waals surface area contributed by atoms with Gasteiger partial charge in [-0.2, -0.15) is 0 Å². The fourth-order valence-electron chi connectivity index (χ4n) is 2.52. The Bertz CT molecular complexity index is 460. The first-order valence-electron chi connectivity index (χ1n) is 9.07. The van der Waals surface area contributed by atoms with Crippen molar-refractivity contribution in [1.29, 1.82) is 0 Å². The van der Waals surface area contributed by atoms with Gasteiger partial charge in [0.05, 0.1) is 11.1 Å². The lowest BCUT2D eigenvalue weighted by atomic mass is 10.1. The summed E-state index contributed by atoms with van der Waals surface area (Å²) in [5.41, 5.74) is 0.920. The van der Waals surface area contributed by atoms with E-state index in [9.17, 15) is 9.59 Å². The Balaban J connectivity index is 2.67. The molecule has 0 heterocycles. The molecule has 4 heteroatoms. The van der Waals surface area contributed by atoms with E-state index < -0.39 is 0 Å². The maximum Gasteiger partial charge on any atom is 0.338 e. The molecule has 134 valence electrons. The van der Waals surface area contributed by atoms with Crippen molar-refractivity contribution in [2.45, 2.75) is 78.4 Å². The van der Waals surface area contributed by atoms with Crippen LogP contribution in [0.2, 0.25) is 0 Å². The van der Waals surface area contributed by atoms with Crippen LogP contribution in [-0.4, -0.2) is 24.1 Å². The van der Waals surface area contributed by atoms with Crippen LogP contribution in [0, 0.1) is 0 Å². The maximum absolute atomic E-state index is 12.1. The largest absolute Gasteiger partial charge is 0.459 e. The van der Waals surface area contributed by atoms with Gasteiger partial charge in [-0.1, -0.05) is 40.5 Å². The lowest BCUT2D eigenvalue weighted by Crippen LogP contribution is -2.18. The van der Waals surface area contributed by atoms with Crippen molar-refractivity contribution in [3.63, 3.8) is 0 Å². The predicted octanol–water partition coefficient (Wildman–Crippen LogP) is 5.16. The standard InChI is InChI=1S/C20H30O4/c1-5-9-17(7-3)23-19(21)15-11-13-16(14-12-15)20(22)24-18(8-4)10-6-2/h11-14,17-18H,5-10H2,1-4H3. The van der Waals surface area contributed by atoms with Crippen LogP contribution in [0.15, 0.2) is 24.3 Å². The molecule has 1 rings (SSSR count). The third kappa shape index (κ3) is 6.34. The summed E-state index contributed by atoms with van der Waals surface area (Å²) in [5, 5.41) is 0. The van der Waals surface area contributed by atoms with E-state index in [1.54, 1.807) is 24.3 Å². The van der Waals surface area contributed by atoms with Gasteiger partial charge >= 0.3 is 11.9 Å². The highest BCUT2D eigenvalue weighted by molar-refractivity contribution is 5.93. The van der Waals surface area contributed by atoms with Crippen molar-refractivity contribution in [2.24, 2.45) is 0 Å². The van der Waals surface area contributed by atoms with E-state index in [0.717, 1.165) is 38.5 Å². The molecule has 0 N–H and O–H groups in total. The molecule has 0 saturated heterocycles. The molecule has 0 saturated carbocycles.